The van der Waals surface area contributed by atoms with Crippen LogP contribution in [0.2, 0.25) is 0 Å². The lowest BCUT2D eigenvalue weighted by atomic mass is 9.93. The molecule has 1 aromatic carbocycles. The molecule has 8 heteroatoms. The van der Waals surface area contributed by atoms with Gasteiger partial charge in [0.25, 0.3) is 5.91 Å². The maximum Gasteiger partial charge on any atom is 0.344 e. The number of aryl methyl sites for hydroxylation is 1. The minimum Gasteiger partial charge on any atom is -0.479 e. The van der Waals surface area contributed by atoms with Crippen molar-refractivity contribution in [2.24, 2.45) is 0 Å². The normalized spacial score (nSPS) is 13.0. The highest BCUT2D eigenvalue weighted by Gasteiger charge is 2.26. The number of nitrogens with one attached hydrogen (secondary N) is 2. The number of ether oxygens (including phenoxy) is 2. The zero-order chi connectivity index (χ0) is 19.4. The SMILES string of the molecule is CCOC(=O)COc1ccc(NC(=O)c2c[nH]c3c2C(=O)CCC3)cc1F. The van der Waals surface area contributed by atoms with Crippen molar-refractivity contribution in [2.75, 3.05) is 18.5 Å². The van der Waals surface area contributed by atoms with Gasteiger partial charge in [-0.1, -0.05) is 0 Å². The molecule has 0 fully saturated rings. The van der Waals surface area contributed by atoms with Crippen LogP contribution in [0, 0.1) is 5.82 Å². The minimum atomic E-state index is -0.732. The van der Waals surface area contributed by atoms with E-state index in [2.05, 4.69) is 10.3 Å². The van der Waals surface area contributed by atoms with E-state index in [0.717, 1.165) is 24.6 Å². The number of fused-ring (bicyclic) bond motifs is 1. The molecule has 0 aliphatic heterocycles. The first-order valence-electron chi connectivity index (χ1n) is 8.62. The Labute approximate surface area is 154 Å². The number of benzene rings is 1. The van der Waals surface area contributed by atoms with E-state index in [1.165, 1.54) is 18.3 Å². The van der Waals surface area contributed by atoms with Crippen molar-refractivity contribution in [3.63, 3.8) is 0 Å². The zero-order valence-electron chi connectivity index (χ0n) is 14.8. The van der Waals surface area contributed by atoms with E-state index in [0.29, 0.717) is 12.0 Å². The highest BCUT2D eigenvalue weighted by atomic mass is 19.1. The predicted octanol–water partition coefficient (Wildman–Crippen LogP) is 2.87. The lowest BCUT2D eigenvalue weighted by molar-refractivity contribution is -0.145. The molecule has 0 spiro atoms. The molecule has 0 saturated heterocycles. The van der Waals surface area contributed by atoms with Gasteiger partial charge in [-0.2, -0.15) is 0 Å². The number of aromatic nitrogens is 1. The summed E-state index contributed by atoms with van der Waals surface area (Å²) in [6.45, 7) is 1.46. The lowest BCUT2D eigenvalue weighted by Crippen LogP contribution is -2.18. The number of Topliss-reactive ketones (excluding diaryl/α,β-unsaturated/α-hetero) is 1. The van der Waals surface area contributed by atoms with Crippen LogP contribution in [-0.2, 0) is 16.0 Å². The van der Waals surface area contributed by atoms with Gasteiger partial charge in [-0.15, -0.1) is 0 Å². The fourth-order valence-electron chi connectivity index (χ4n) is 2.95. The summed E-state index contributed by atoms with van der Waals surface area (Å²) in [5.74, 6) is -2.03. The van der Waals surface area contributed by atoms with Crippen LogP contribution >= 0.6 is 0 Å². The highest BCUT2D eigenvalue weighted by Crippen LogP contribution is 2.26. The molecular weight excluding hydrogens is 355 g/mol. The van der Waals surface area contributed by atoms with E-state index in [1.807, 2.05) is 0 Å². The fourth-order valence-corrected chi connectivity index (χ4v) is 2.95. The van der Waals surface area contributed by atoms with Crippen LogP contribution in [0.5, 0.6) is 5.75 Å². The van der Waals surface area contributed by atoms with Crippen molar-refractivity contribution in [3.8, 4) is 5.75 Å². The number of esters is 1. The molecule has 1 aliphatic carbocycles. The zero-order valence-corrected chi connectivity index (χ0v) is 14.8. The molecule has 0 radical (unpaired) electrons. The third-order valence-corrected chi connectivity index (χ3v) is 4.16. The van der Waals surface area contributed by atoms with Crippen molar-refractivity contribution >= 4 is 23.3 Å². The van der Waals surface area contributed by atoms with Gasteiger partial charge in [0.05, 0.1) is 17.7 Å². The largest absolute Gasteiger partial charge is 0.479 e. The molecule has 1 heterocycles. The van der Waals surface area contributed by atoms with E-state index >= 15 is 0 Å². The molecule has 27 heavy (non-hydrogen) atoms. The maximum atomic E-state index is 14.1. The monoisotopic (exact) mass is 374 g/mol. The summed E-state index contributed by atoms with van der Waals surface area (Å²) in [6, 6.07) is 3.84. The number of ketones is 1. The van der Waals surface area contributed by atoms with Gasteiger partial charge >= 0.3 is 5.97 Å². The van der Waals surface area contributed by atoms with Gasteiger partial charge in [0.15, 0.2) is 24.0 Å². The average molecular weight is 374 g/mol. The molecule has 1 aliphatic rings. The van der Waals surface area contributed by atoms with Gasteiger partial charge in [0, 0.05) is 30.1 Å². The van der Waals surface area contributed by atoms with E-state index in [-0.39, 0.29) is 29.4 Å². The minimum absolute atomic E-state index is 0.0726. The Morgan fingerprint density at radius 3 is 2.85 bits per heavy atom. The van der Waals surface area contributed by atoms with Gasteiger partial charge in [0.1, 0.15) is 0 Å². The van der Waals surface area contributed by atoms with Crippen molar-refractivity contribution in [3.05, 3.63) is 47.0 Å². The number of rotatable bonds is 6. The van der Waals surface area contributed by atoms with Crippen molar-refractivity contribution in [2.45, 2.75) is 26.2 Å². The van der Waals surface area contributed by atoms with Gasteiger partial charge in [-0.3, -0.25) is 9.59 Å². The maximum absolute atomic E-state index is 14.1. The first-order valence-corrected chi connectivity index (χ1v) is 8.62. The lowest BCUT2D eigenvalue weighted by Gasteiger charge is -2.12. The number of carbonyl (C=O) groups is 3. The summed E-state index contributed by atoms with van der Waals surface area (Å²) < 4.78 is 23.9. The van der Waals surface area contributed by atoms with Crippen molar-refractivity contribution in [1.29, 1.82) is 0 Å². The second-order valence-corrected chi connectivity index (χ2v) is 6.03. The molecule has 0 atom stereocenters. The van der Waals surface area contributed by atoms with Crippen LogP contribution in [0.25, 0.3) is 0 Å². The van der Waals surface area contributed by atoms with Crippen LogP contribution in [0.1, 0.15) is 46.2 Å². The highest BCUT2D eigenvalue weighted by molar-refractivity contribution is 6.13. The molecular formula is C19H19FN2O5. The Hall–Kier alpha value is -3.16. The summed E-state index contributed by atoms with van der Waals surface area (Å²) in [4.78, 5) is 38.8. The van der Waals surface area contributed by atoms with Crippen LogP contribution in [0.15, 0.2) is 24.4 Å². The smallest absolute Gasteiger partial charge is 0.344 e. The Balaban J connectivity index is 1.69. The number of H-pyrrole nitrogens is 1. The van der Waals surface area contributed by atoms with E-state index < -0.39 is 24.3 Å². The standard InChI is InChI=1S/C19H19FN2O5/c1-2-26-17(24)10-27-16-7-6-11(8-13(16)20)22-19(25)12-9-21-14-4-3-5-15(23)18(12)14/h6-9,21H,2-5,10H2,1H3,(H,22,25). The van der Waals surface area contributed by atoms with Gasteiger partial charge < -0.3 is 19.8 Å². The van der Waals surface area contributed by atoms with Crippen LogP contribution < -0.4 is 10.1 Å². The summed E-state index contributed by atoms with van der Waals surface area (Å²) in [5, 5.41) is 2.57. The van der Waals surface area contributed by atoms with E-state index in [1.54, 1.807) is 6.92 Å². The summed E-state index contributed by atoms with van der Waals surface area (Å²) in [6.07, 6.45) is 3.38. The summed E-state index contributed by atoms with van der Waals surface area (Å²) in [7, 11) is 0. The molecule has 2 aromatic rings. The van der Waals surface area contributed by atoms with Crippen LogP contribution in [-0.4, -0.2) is 35.9 Å². The number of anilines is 1. The fraction of sp³-hybridized carbons (Fsp3) is 0.316. The molecule has 0 bridgehead atoms. The Morgan fingerprint density at radius 1 is 1.30 bits per heavy atom. The molecule has 0 saturated carbocycles. The Kier molecular flexibility index (Phi) is 5.54. The number of halogens is 1. The third kappa shape index (κ3) is 4.16. The van der Waals surface area contributed by atoms with E-state index in [4.69, 9.17) is 9.47 Å². The van der Waals surface area contributed by atoms with Gasteiger partial charge in [0.2, 0.25) is 0 Å². The molecule has 7 nitrogen and oxygen atoms in total. The average Bonchev–Trinajstić information content (AvgIpc) is 3.07. The number of amides is 1. The molecule has 1 amide bonds. The van der Waals surface area contributed by atoms with Gasteiger partial charge in [-0.05, 0) is 31.9 Å². The number of hydrogen-bond donors (Lipinski definition) is 2. The number of aromatic amines is 1. The second kappa shape index (κ2) is 8.03. The second-order valence-electron chi connectivity index (χ2n) is 6.03. The molecule has 0 unspecified atom stereocenters. The summed E-state index contributed by atoms with van der Waals surface area (Å²) >= 11 is 0. The Bertz CT molecular complexity index is 890. The molecule has 2 N–H and O–H groups in total. The van der Waals surface area contributed by atoms with E-state index in [9.17, 15) is 18.8 Å². The number of hydrogen-bond acceptors (Lipinski definition) is 5. The quantitative estimate of drug-likeness (QED) is 0.758. The predicted molar refractivity (Wildman–Crippen MR) is 94.5 cm³/mol. The van der Waals surface area contributed by atoms with Gasteiger partial charge in [-0.25, -0.2) is 9.18 Å². The van der Waals surface area contributed by atoms with Crippen LogP contribution in [0.4, 0.5) is 10.1 Å². The molecule has 142 valence electrons. The first kappa shape index (κ1) is 18.6. The third-order valence-electron chi connectivity index (χ3n) is 4.16. The van der Waals surface area contributed by atoms with Crippen molar-refractivity contribution in [1.82, 2.24) is 4.98 Å². The molecule has 3 rings (SSSR count). The first-order chi connectivity index (χ1) is 13.0. The summed E-state index contributed by atoms with van der Waals surface area (Å²) in [5.41, 5.74) is 1.62. The topological polar surface area (TPSA) is 97.5 Å². The number of carbonyl (C=O) groups excluding carboxylic acids is 3. The molecule has 1 aromatic heterocycles. The van der Waals surface area contributed by atoms with Crippen molar-refractivity contribution < 1.29 is 28.2 Å². The van der Waals surface area contributed by atoms with Crippen LogP contribution in [0.3, 0.4) is 0 Å². The Morgan fingerprint density at radius 2 is 2.11 bits per heavy atom.